The molecule has 1 heterocycles. The van der Waals surface area contributed by atoms with Crippen molar-refractivity contribution >= 4 is 17.5 Å². The Morgan fingerprint density at radius 1 is 1.04 bits per heavy atom. The van der Waals surface area contributed by atoms with E-state index in [-0.39, 0.29) is 11.8 Å². The molecule has 2 amide bonds. The molecule has 2 aromatic carbocycles. The first-order valence-corrected chi connectivity index (χ1v) is 8.83. The highest BCUT2D eigenvalue weighted by atomic mass is 16.2. The van der Waals surface area contributed by atoms with E-state index in [4.69, 9.17) is 0 Å². The smallest absolute Gasteiger partial charge is 0.240 e. The molecule has 1 aliphatic carbocycles. The van der Waals surface area contributed by atoms with Gasteiger partial charge in [-0.2, -0.15) is 0 Å². The van der Waals surface area contributed by atoms with E-state index >= 15 is 0 Å². The number of rotatable bonds is 3. The van der Waals surface area contributed by atoms with Crippen molar-refractivity contribution in [3.63, 3.8) is 0 Å². The van der Waals surface area contributed by atoms with Crippen LogP contribution in [0.2, 0.25) is 0 Å². The van der Waals surface area contributed by atoms with Crippen LogP contribution >= 0.6 is 0 Å². The number of nitrogens with one attached hydrogen (secondary N) is 1. The molecule has 0 saturated heterocycles. The maximum absolute atomic E-state index is 13.1. The van der Waals surface area contributed by atoms with E-state index in [9.17, 15) is 9.59 Å². The maximum Gasteiger partial charge on any atom is 0.240 e. The van der Waals surface area contributed by atoms with E-state index in [1.165, 1.54) is 11.1 Å². The molecule has 2 aliphatic rings. The average Bonchev–Trinajstić information content (AvgIpc) is 3.43. The predicted octanol–water partition coefficient (Wildman–Crippen LogP) is 3.30. The number of hydrogen-bond donors (Lipinski definition) is 1. The molecule has 1 fully saturated rings. The van der Waals surface area contributed by atoms with Gasteiger partial charge in [0.15, 0.2) is 0 Å². The molecule has 0 spiro atoms. The molecular formula is C21H22N2O2. The summed E-state index contributed by atoms with van der Waals surface area (Å²) in [5.74, 6) is -0.186. The molecule has 0 atom stereocenters. The van der Waals surface area contributed by atoms with Gasteiger partial charge in [-0.05, 0) is 55.0 Å². The van der Waals surface area contributed by atoms with Gasteiger partial charge >= 0.3 is 0 Å². The number of hydrogen-bond acceptors (Lipinski definition) is 2. The minimum absolute atomic E-state index is 0.0212. The second-order valence-corrected chi connectivity index (χ2v) is 7.15. The summed E-state index contributed by atoms with van der Waals surface area (Å²) in [6, 6.07) is 15.9. The highest BCUT2D eigenvalue weighted by molar-refractivity contribution is 6.13. The third-order valence-electron chi connectivity index (χ3n) is 5.29. The minimum atomic E-state index is -0.865. The zero-order chi connectivity index (χ0) is 17.4. The Balaban J connectivity index is 1.49. The van der Waals surface area contributed by atoms with E-state index in [0.717, 1.165) is 17.7 Å². The van der Waals surface area contributed by atoms with Crippen LogP contribution in [0.3, 0.4) is 0 Å². The molecule has 4 rings (SSSR count). The highest BCUT2D eigenvalue weighted by Crippen LogP contribution is 2.48. The Bertz CT molecular complexity index is 839. The summed E-state index contributed by atoms with van der Waals surface area (Å²) in [6.07, 6.45) is 2.14. The Labute approximate surface area is 147 Å². The summed E-state index contributed by atoms with van der Waals surface area (Å²) in [5, 5.41) is 2.94. The minimum Gasteiger partial charge on any atom is -0.337 e. The summed E-state index contributed by atoms with van der Waals surface area (Å²) in [7, 11) is 0. The van der Waals surface area contributed by atoms with Crippen LogP contribution < -0.4 is 5.32 Å². The third-order valence-corrected chi connectivity index (χ3v) is 5.29. The normalized spacial score (nSPS) is 17.6. The van der Waals surface area contributed by atoms with Gasteiger partial charge in [0, 0.05) is 18.8 Å². The summed E-state index contributed by atoms with van der Waals surface area (Å²) in [6.45, 7) is 3.28. The monoisotopic (exact) mass is 334 g/mol. The predicted molar refractivity (Wildman–Crippen MR) is 97.0 cm³/mol. The molecule has 0 aromatic heterocycles. The Morgan fingerprint density at radius 3 is 2.52 bits per heavy atom. The van der Waals surface area contributed by atoms with Crippen LogP contribution in [0.4, 0.5) is 5.69 Å². The topological polar surface area (TPSA) is 49.4 Å². The quantitative estimate of drug-likeness (QED) is 0.876. The van der Waals surface area contributed by atoms with Crippen molar-refractivity contribution in [2.75, 3.05) is 11.9 Å². The second kappa shape index (κ2) is 6.03. The number of carbonyl (C=O) groups is 2. The van der Waals surface area contributed by atoms with Gasteiger partial charge in [0.2, 0.25) is 11.8 Å². The van der Waals surface area contributed by atoms with Crippen LogP contribution in [0, 0.1) is 12.3 Å². The van der Waals surface area contributed by atoms with Gasteiger partial charge in [-0.25, -0.2) is 0 Å². The van der Waals surface area contributed by atoms with Crippen LogP contribution in [0.1, 0.15) is 29.5 Å². The maximum atomic E-state index is 13.1. The van der Waals surface area contributed by atoms with E-state index in [1.807, 2.05) is 48.2 Å². The second-order valence-electron chi connectivity index (χ2n) is 7.15. The van der Waals surface area contributed by atoms with Crippen molar-refractivity contribution in [3.8, 4) is 0 Å². The first-order valence-electron chi connectivity index (χ1n) is 8.83. The van der Waals surface area contributed by atoms with Gasteiger partial charge in [-0.1, -0.05) is 36.4 Å². The number of nitrogens with zero attached hydrogens (tertiary/aromatic N) is 1. The molecule has 4 nitrogen and oxygen atoms in total. The van der Waals surface area contributed by atoms with Crippen LogP contribution in [0.25, 0.3) is 0 Å². The molecule has 1 saturated carbocycles. The highest BCUT2D eigenvalue weighted by Gasteiger charge is 2.58. The lowest BCUT2D eigenvalue weighted by molar-refractivity contribution is -0.143. The number of anilines is 1. The van der Waals surface area contributed by atoms with Gasteiger partial charge in [-0.3, -0.25) is 9.59 Å². The fraction of sp³-hybridized carbons (Fsp3) is 0.333. The van der Waals surface area contributed by atoms with Gasteiger partial charge in [0.25, 0.3) is 0 Å². The Morgan fingerprint density at radius 2 is 1.80 bits per heavy atom. The first kappa shape index (κ1) is 15.9. The van der Waals surface area contributed by atoms with Gasteiger partial charge in [0.05, 0.1) is 0 Å². The van der Waals surface area contributed by atoms with Crippen LogP contribution in [0.5, 0.6) is 0 Å². The zero-order valence-corrected chi connectivity index (χ0v) is 14.4. The number of amides is 2. The summed E-state index contributed by atoms with van der Waals surface area (Å²) >= 11 is 0. The summed E-state index contributed by atoms with van der Waals surface area (Å²) in [5.41, 5.74) is 3.48. The van der Waals surface area contributed by atoms with Crippen molar-refractivity contribution in [2.24, 2.45) is 5.41 Å². The number of benzene rings is 2. The molecule has 4 heteroatoms. The number of fused-ring (bicyclic) bond motifs is 1. The van der Waals surface area contributed by atoms with E-state index in [1.54, 1.807) is 0 Å². The van der Waals surface area contributed by atoms with Crippen molar-refractivity contribution in [3.05, 3.63) is 65.2 Å². The molecule has 25 heavy (non-hydrogen) atoms. The Hall–Kier alpha value is -2.62. The van der Waals surface area contributed by atoms with Crippen molar-refractivity contribution in [1.29, 1.82) is 0 Å². The first-order chi connectivity index (χ1) is 12.1. The van der Waals surface area contributed by atoms with Gasteiger partial charge < -0.3 is 10.2 Å². The molecule has 0 bridgehead atoms. The summed E-state index contributed by atoms with van der Waals surface area (Å²) < 4.78 is 0. The van der Waals surface area contributed by atoms with Crippen molar-refractivity contribution in [2.45, 2.75) is 32.7 Å². The average molecular weight is 334 g/mol. The van der Waals surface area contributed by atoms with E-state index in [2.05, 4.69) is 17.4 Å². The SMILES string of the molecule is Cc1cccc(NC(=O)C2(C(=O)N3CCc4ccccc4C3)CC2)c1. The Kier molecular flexibility index (Phi) is 3.83. The van der Waals surface area contributed by atoms with Crippen molar-refractivity contribution in [1.82, 2.24) is 4.90 Å². The van der Waals surface area contributed by atoms with Crippen molar-refractivity contribution < 1.29 is 9.59 Å². The number of aryl methyl sites for hydroxylation is 1. The third kappa shape index (κ3) is 2.93. The molecule has 0 radical (unpaired) electrons. The fourth-order valence-electron chi connectivity index (χ4n) is 3.61. The lowest BCUT2D eigenvalue weighted by Gasteiger charge is -2.31. The van der Waals surface area contributed by atoms with Gasteiger partial charge in [0.1, 0.15) is 5.41 Å². The van der Waals surface area contributed by atoms with Gasteiger partial charge in [-0.15, -0.1) is 0 Å². The fourth-order valence-corrected chi connectivity index (χ4v) is 3.61. The lowest BCUT2D eigenvalue weighted by Crippen LogP contribution is -2.45. The van der Waals surface area contributed by atoms with Crippen LogP contribution in [0.15, 0.2) is 48.5 Å². The molecule has 0 unspecified atom stereocenters. The van der Waals surface area contributed by atoms with Crippen LogP contribution in [-0.4, -0.2) is 23.3 Å². The molecular weight excluding hydrogens is 312 g/mol. The van der Waals surface area contributed by atoms with E-state index in [0.29, 0.717) is 25.9 Å². The molecule has 128 valence electrons. The zero-order valence-electron chi connectivity index (χ0n) is 14.4. The van der Waals surface area contributed by atoms with Crippen LogP contribution in [-0.2, 0) is 22.6 Å². The molecule has 2 aromatic rings. The molecule has 1 aliphatic heterocycles. The summed E-state index contributed by atoms with van der Waals surface area (Å²) in [4.78, 5) is 27.7. The standard InChI is InChI=1S/C21H22N2O2/c1-15-5-4-8-18(13-15)22-19(24)21(10-11-21)20(25)23-12-9-16-6-2-3-7-17(16)14-23/h2-8,13H,9-12,14H2,1H3,(H,22,24). The van der Waals surface area contributed by atoms with E-state index < -0.39 is 5.41 Å². The molecule has 1 N–H and O–H groups in total. The largest absolute Gasteiger partial charge is 0.337 e. The lowest BCUT2D eigenvalue weighted by atomic mass is 9.97. The number of carbonyl (C=O) groups excluding carboxylic acids is 2.